The summed E-state index contributed by atoms with van der Waals surface area (Å²) in [5, 5.41) is 7.79. The van der Waals surface area contributed by atoms with Crippen LogP contribution >= 0.6 is 11.6 Å². The van der Waals surface area contributed by atoms with Crippen LogP contribution in [-0.4, -0.2) is 52.1 Å². The molecule has 0 radical (unpaired) electrons. The minimum absolute atomic E-state index is 0.167. The molecule has 30 heavy (non-hydrogen) atoms. The van der Waals surface area contributed by atoms with Crippen molar-refractivity contribution in [2.45, 2.75) is 62.5 Å². The van der Waals surface area contributed by atoms with Crippen LogP contribution in [0, 0.1) is 0 Å². The van der Waals surface area contributed by atoms with Crippen LogP contribution in [0.25, 0.3) is 0 Å². The predicted octanol–water partition coefficient (Wildman–Crippen LogP) is 2.60. The third-order valence-electron chi connectivity index (χ3n) is 5.72. The molecule has 12 heteroatoms. The Morgan fingerprint density at radius 1 is 1.33 bits per heavy atom. The first-order chi connectivity index (χ1) is 14.2. The highest BCUT2D eigenvalue weighted by molar-refractivity contribution is 7.93. The number of ether oxygens (including phenoxy) is 2. The minimum atomic E-state index is -3.90. The standard InChI is InChI=1S/C18H25ClN6O4S/c1-11(14(28-3)15-20-9-12(19)10-21-15)30(26,27)24-17-23-22-16(13-5-4-8-29-13)25(17)18(2)6-7-18/h9-11,13-14H,4-8H2,1-3H3,(H,23,24)/t11-,13+,14-/m0/s1. The Bertz CT molecular complexity index is 1000. The summed E-state index contributed by atoms with van der Waals surface area (Å²) >= 11 is 5.83. The average Bonchev–Trinajstić information content (AvgIpc) is 3.12. The number of nitrogens with one attached hydrogen (secondary N) is 1. The van der Waals surface area contributed by atoms with E-state index in [4.69, 9.17) is 21.1 Å². The Kier molecular flexibility index (Phi) is 5.73. The van der Waals surface area contributed by atoms with E-state index in [1.165, 1.54) is 26.4 Å². The van der Waals surface area contributed by atoms with Gasteiger partial charge in [-0.05, 0) is 39.5 Å². The van der Waals surface area contributed by atoms with E-state index in [0.717, 1.165) is 25.7 Å². The lowest BCUT2D eigenvalue weighted by atomic mass is 10.2. The summed E-state index contributed by atoms with van der Waals surface area (Å²) in [6, 6.07) is 0. The van der Waals surface area contributed by atoms with Gasteiger partial charge in [0.05, 0.1) is 5.02 Å². The second kappa shape index (κ2) is 8.03. The van der Waals surface area contributed by atoms with Crippen molar-refractivity contribution in [1.82, 2.24) is 24.7 Å². The van der Waals surface area contributed by atoms with Gasteiger partial charge in [0.15, 0.2) is 11.6 Å². The topological polar surface area (TPSA) is 121 Å². The van der Waals surface area contributed by atoms with Gasteiger partial charge in [0, 0.05) is 31.6 Å². The quantitative estimate of drug-likeness (QED) is 0.643. The summed E-state index contributed by atoms with van der Waals surface area (Å²) in [7, 11) is -2.49. The zero-order valence-electron chi connectivity index (χ0n) is 17.1. The Hall–Kier alpha value is -1.82. The molecule has 1 aliphatic carbocycles. The maximum atomic E-state index is 13.2. The fourth-order valence-electron chi connectivity index (χ4n) is 3.65. The molecule has 4 rings (SSSR count). The van der Waals surface area contributed by atoms with Crippen molar-refractivity contribution in [3.05, 3.63) is 29.1 Å². The summed E-state index contributed by atoms with van der Waals surface area (Å²) in [4.78, 5) is 8.21. The largest absolute Gasteiger partial charge is 0.372 e. The van der Waals surface area contributed by atoms with E-state index >= 15 is 0 Å². The summed E-state index contributed by atoms with van der Waals surface area (Å²) < 4.78 is 42.0. The van der Waals surface area contributed by atoms with Crippen molar-refractivity contribution in [3.63, 3.8) is 0 Å². The van der Waals surface area contributed by atoms with E-state index in [-0.39, 0.29) is 23.4 Å². The summed E-state index contributed by atoms with van der Waals surface area (Å²) in [6.45, 7) is 4.27. The second-order valence-electron chi connectivity index (χ2n) is 7.98. The average molecular weight is 457 g/mol. The van der Waals surface area contributed by atoms with E-state index in [2.05, 4.69) is 31.8 Å². The fourth-order valence-corrected chi connectivity index (χ4v) is 4.88. The third-order valence-corrected chi connectivity index (χ3v) is 7.61. The zero-order chi connectivity index (χ0) is 21.5. The van der Waals surface area contributed by atoms with Crippen LogP contribution in [0.15, 0.2) is 12.4 Å². The van der Waals surface area contributed by atoms with Crippen molar-refractivity contribution < 1.29 is 17.9 Å². The van der Waals surface area contributed by atoms with Gasteiger partial charge in [-0.2, -0.15) is 0 Å². The molecule has 1 saturated carbocycles. The molecule has 0 amide bonds. The van der Waals surface area contributed by atoms with Gasteiger partial charge in [-0.25, -0.2) is 18.4 Å². The van der Waals surface area contributed by atoms with Crippen molar-refractivity contribution >= 4 is 27.6 Å². The molecule has 164 valence electrons. The first-order valence-electron chi connectivity index (χ1n) is 9.84. The number of sulfonamides is 1. The highest BCUT2D eigenvalue weighted by Crippen LogP contribution is 2.47. The monoisotopic (exact) mass is 456 g/mol. The van der Waals surface area contributed by atoms with Crippen LogP contribution in [0.3, 0.4) is 0 Å². The molecule has 0 spiro atoms. The highest BCUT2D eigenvalue weighted by Gasteiger charge is 2.45. The van der Waals surface area contributed by atoms with Crippen LogP contribution in [0.4, 0.5) is 5.95 Å². The van der Waals surface area contributed by atoms with Crippen molar-refractivity contribution in [1.29, 1.82) is 0 Å². The van der Waals surface area contributed by atoms with E-state index in [0.29, 0.717) is 17.5 Å². The lowest BCUT2D eigenvalue weighted by Gasteiger charge is -2.23. The Labute approximate surface area is 180 Å². The van der Waals surface area contributed by atoms with Crippen LogP contribution in [0.2, 0.25) is 5.02 Å². The summed E-state index contributed by atoms with van der Waals surface area (Å²) in [5.74, 6) is 1.09. The van der Waals surface area contributed by atoms with Crippen LogP contribution in [0.5, 0.6) is 0 Å². The molecule has 1 aliphatic heterocycles. The van der Waals surface area contributed by atoms with Gasteiger partial charge < -0.3 is 9.47 Å². The van der Waals surface area contributed by atoms with Crippen molar-refractivity contribution in [2.24, 2.45) is 0 Å². The number of hydrogen-bond acceptors (Lipinski definition) is 8. The Balaban J connectivity index is 1.62. The van der Waals surface area contributed by atoms with Gasteiger partial charge in [-0.3, -0.25) is 9.29 Å². The smallest absolute Gasteiger partial charge is 0.240 e. The highest BCUT2D eigenvalue weighted by atomic mass is 35.5. The number of hydrogen-bond donors (Lipinski definition) is 1. The number of rotatable bonds is 8. The molecule has 0 bridgehead atoms. The summed E-state index contributed by atoms with van der Waals surface area (Å²) in [5.41, 5.74) is -0.216. The third kappa shape index (κ3) is 4.03. The van der Waals surface area contributed by atoms with Gasteiger partial charge in [-0.1, -0.05) is 11.6 Å². The van der Waals surface area contributed by atoms with Gasteiger partial charge in [-0.15, -0.1) is 10.2 Å². The van der Waals surface area contributed by atoms with E-state index in [9.17, 15) is 8.42 Å². The maximum absolute atomic E-state index is 13.2. The molecule has 0 aromatic carbocycles. The van der Waals surface area contributed by atoms with Crippen molar-refractivity contribution in [3.8, 4) is 0 Å². The van der Waals surface area contributed by atoms with Gasteiger partial charge in [0.1, 0.15) is 17.5 Å². The minimum Gasteiger partial charge on any atom is -0.372 e. The van der Waals surface area contributed by atoms with Gasteiger partial charge >= 0.3 is 0 Å². The molecule has 2 aromatic rings. The van der Waals surface area contributed by atoms with E-state index in [1.807, 2.05) is 4.57 Å². The van der Waals surface area contributed by atoms with Gasteiger partial charge in [0.2, 0.25) is 16.0 Å². The second-order valence-corrected chi connectivity index (χ2v) is 10.5. The number of nitrogens with zero attached hydrogens (tertiary/aromatic N) is 5. The lowest BCUT2D eigenvalue weighted by molar-refractivity contribution is 0.0949. The predicted molar refractivity (Wildman–Crippen MR) is 110 cm³/mol. The fraction of sp³-hybridized carbons (Fsp3) is 0.667. The SMILES string of the molecule is CO[C@H](c1ncc(Cl)cn1)[C@H](C)S(=O)(=O)Nc1nnc([C@H]2CCCO2)n1C1(C)CC1. The Morgan fingerprint density at radius 2 is 2.03 bits per heavy atom. The molecular formula is C18H25ClN6O4S. The molecule has 1 N–H and O–H groups in total. The molecule has 2 fully saturated rings. The lowest BCUT2D eigenvalue weighted by Crippen LogP contribution is -2.34. The number of halogens is 1. The molecule has 0 unspecified atom stereocenters. The first-order valence-corrected chi connectivity index (χ1v) is 11.8. The number of methoxy groups -OCH3 is 1. The molecule has 10 nitrogen and oxygen atoms in total. The molecule has 1 saturated heterocycles. The molecular weight excluding hydrogens is 432 g/mol. The van der Waals surface area contributed by atoms with Crippen molar-refractivity contribution in [2.75, 3.05) is 18.4 Å². The number of anilines is 1. The summed E-state index contributed by atoms with van der Waals surface area (Å²) in [6.07, 6.45) is 5.40. The van der Waals surface area contributed by atoms with Crippen LogP contribution < -0.4 is 4.72 Å². The van der Waals surface area contributed by atoms with E-state index < -0.39 is 21.4 Å². The molecule has 3 atom stereocenters. The molecule has 3 heterocycles. The maximum Gasteiger partial charge on any atom is 0.240 e. The molecule has 2 aromatic heterocycles. The normalized spacial score (nSPS) is 22.6. The van der Waals surface area contributed by atoms with E-state index in [1.54, 1.807) is 0 Å². The Morgan fingerprint density at radius 3 is 2.60 bits per heavy atom. The van der Waals surface area contributed by atoms with Gasteiger partial charge in [0.25, 0.3) is 0 Å². The number of aromatic nitrogens is 5. The van der Waals surface area contributed by atoms with Crippen LogP contribution in [0.1, 0.15) is 63.4 Å². The zero-order valence-corrected chi connectivity index (χ0v) is 18.6. The first kappa shape index (κ1) is 21.4. The molecule has 2 aliphatic rings. The van der Waals surface area contributed by atoms with Crippen LogP contribution in [-0.2, 0) is 25.0 Å².